The third kappa shape index (κ3) is 4.02. The monoisotopic (exact) mass is 293 g/mol. The Morgan fingerprint density at radius 1 is 1.29 bits per heavy atom. The summed E-state index contributed by atoms with van der Waals surface area (Å²) in [5.74, 6) is 6.02. The molecule has 0 aliphatic carbocycles. The van der Waals surface area contributed by atoms with Crippen LogP contribution in [0.1, 0.15) is 33.2 Å². The molecule has 0 aromatic carbocycles. The van der Waals surface area contributed by atoms with Crippen molar-refractivity contribution in [3.05, 3.63) is 12.4 Å². The SMILES string of the molecule is CCCOc1nc(NN)nc(Oc2cnn(C(C)C)c2)n1. The molecule has 0 aliphatic rings. The van der Waals surface area contributed by atoms with Gasteiger partial charge in [0.1, 0.15) is 0 Å². The van der Waals surface area contributed by atoms with E-state index in [1.807, 2.05) is 20.8 Å². The van der Waals surface area contributed by atoms with Crippen molar-refractivity contribution in [1.29, 1.82) is 0 Å². The van der Waals surface area contributed by atoms with Gasteiger partial charge in [0.15, 0.2) is 5.75 Å². The molecule has 0 unspecified atom stereocenters. The van der Waals surface area contributed by atoms with Gasteiger partial charge in [-0.2, -0.15) is 15.1 Å². The number of anilines is 1. The minimum absolute atomic E-state index is 0.0901. The second-order valence-electron chi connectivity index (χ2n) is 4.57. The van der Waals surface area contributed by atoms with Crippen LogP contribution in [0.5, 0.6) is 17.8 Å². The predicted molar refractivity (Wildman–Crippen MR) is 76.1 cm³/mol. The Morgan fingerprint density at radius 3 is 2.67 bits per heavy atom. The number of rotatable bonds is 7. The quantitative estimate of drug-likeness (QED) is 0.583. The molecule has 9 heteroatoms. The Hall–Kier alpha value is -2.42. The summed E-state index contributed by atoms with van der Waals surface area (Å²) in [7, 11) is 0. The smallest absolute Gasteiger partial charge is 0.330 e. The molecule has 0 saturated heterocycles. The third-order valence-corrected chi connectivity index (χ3v) is 2.47. The first-order chi connectivity index (χ1) is 10.1. The molecule has 2 rings (SSSR count). The van der Waals surface area contributed by atoms with Gasteiger partial charge in [-0.3, -0.25) is 10.1 Å². The Balaban J connectivity index is 2.17. The molecular weight excluding hydrogens is 274 g/mol. The van der Waals surface area contributed by atoms with Crippen LogP contribution < -0.4 is 20.7 Å². The number of hydrogen-bond acceptors (Lipinski definition) is 8. The lowest BCUT2D eigenvalue weighted by Crippen LogP contribution is -2.13. The van der Waals surface area contributed by atoms with E-state index < -0.39 is 0 Å². The first-order valence-electron chi connectivity index (χ1n) is 6.70. The second kappa shape index (κ2) is 6.84. The molecule has 0 fully saturated rings. The van der Waals surface area contributed by atoms with Crippen molar-refractivity contribution in [3.8, 4) is 17.8 Å². The fourth-order valence-electron chi connectivity index (χ4n) is 1.47. The molecule has 0 aliphatic heterocycles. The van der Waals surface area contributed by atoms with Gasteiger partial charge in [0, 0.05) is 6.04 Å². The number of nitrogen functional groups attached to an aromatic ring is 1. The van der Waals surface area contributed by atoms with Crippen LogP contribution in [0.2, 0.25) is 0 Å². The largest absolute Gasteiger partial charge is 0.463 e. The van der Waals surface area contributed by atoms with Crippen molar-refractivity contribution in [1.82, 2.24) is 24.7 Å². The number of nitrogens with two attached hydrogens (primary N) is 1. The molecule has 2 aromatic rings. The molecular formula is C12H19N7O2. The average Bonchev–Trinajstić information content (AvgIpc) is 2.93. The highest BCUT2D eigenvalue weighted by molar-refractivity contribution is 5.27. The van der Waals surface area contributed by atoms with Crippen LogP contribution in [0.3, 0.4) is 0 Å². The predicted octanol–water partition coefficient (Wildman–Crippen LogP) is 1.52. The molecule has 114 valence electrons. The zero-order chi connectivity index (χ0) is 15.2. The van der Waals surface area contributed by atoms with Gasteiger partial charge in [-0.05, 0) is 20.3 Å². The van der Waals surface area contributed by atoms with E-state index in [9.17, 15) is 0 Å². The van der Waals surface area contributed by atoms with Crippen LogP contribution in [-0.4, -0.2) is 31.3 Å². The molecule has 2 aromatic heterocycles. The number of hydrazine groups is 1. The normalized spacial score (nSPS) is 10.7. The summed E-state index contributed by atoms with van der Waals surface area (Å²) >= 11 is 0. The molecule has 3 N–H and O–H groups in total. The van der Waals surface area contributed by atoms with Gasteiger partial charge in [-0.1, -0.05) is 6.92 Å². The number of ether oxygens (including phenoxy) is 2. The molecule has 0 atom stereocenters. The molecule has 0 bridgehead atoms. The van der Waals surface area contributed by atoms with E-state index in [1.165, 1.54) is 0 Å². The van der Waals surface area contributed by atoms with Crippen LogP contribution in [0, 0.1) is 0 Å². The van der Waals surface area contributed by atoms with E-state index in [4.69, 9.17) is 15.3 Å². The first-order valence-corrected chi connectivity index (χ1v) is 6.70. The van der Waals surface area contributed by atoms with Gasteiger partial charge in [-0.15, -0.1) is 4.98 Å². The maximum Gasteiger partial charge on any atom is 0.330 e. The molecule has 21 heavy (non-hydrogen) atoms. The second-order valence-corrected chi connectivity index (χ2v) is 4.57. The number of nitrogens with one attached hydrogen (secondary N) is 1. The minimum Gasteiger partial charge on any atom is -0.463 e. The number of hydrogen-bond donors (Lipinski definition) is 2. The van der Waals surface area contributed by atoms with Gasteiger partial charge in [0.2, 0.25) is 5.95 Å². The summed E-state index contributed by atoms with van der Waals surface area (Å²) < 4.78 is 12.7. The van der Waals surface area contributed by atoms with Crippen LogP contribution in [0.25, 0.3) is 0 Å². The van der Waals surface area contributed by atoms with E-state index in [2.05, 4.69) is 25.5 Å². The Labute approximate surface area is 122 Å². The number of aromatic nitrogens is 5. The summed E-state index contributed by atoms with van der Waals surface area (Å²) in [5.41, 5.74) is 2.35. The highest BCUT2D eigenvalue weighted by Crippen LogP contribution is 2.20. The number of nitrogens with zero attached hydrogens (tertiary/aromatic N) is 5. The zero-order valence-corrected chi connectivity index (χ0v) is 12.3. The standard InChI is InChI=1S/C12H19N7O2/c1-4-5-20-11-15-10(18-13)16-12(17-11)21-9-6-14-19(7-9)8(2)3/h6-8H,4-5,13H2,1-3H3,(H,15,16,17,18). The van der Waals surface area contributed by atoms with E-state index in [1.54, 1.807) is 17.1 Å². The molecule has 0 saturated carbocycles. The van der Waals surface area contributed by atoms with Crippen LogP contribution >= 0.6 is 0 Å². The van der Waals surface area contributed by atoms with Crippen molar-refractivity contribution in [2.75, 3.05) is 12.0 Å². The fraction of sp³-hybridized carbons (Fsp3) is 0.500. The lowest BCUT2D eigenvalue weighted by molar-refractivity contribution is 0.285. The lowest BCUT2D eigenvalue weighted by Gasteiger charge is -2.07. The van der Waals surface area contributed by atoms with Gasteiger partial charge in [-0.25, -0.2) is 5.84 Å². The maximum atomic E-state index is 5.55. The Morgan fingerprint density at radius 2 is 2.05 bits per heavy atom. The van der Waals surface area contributed by atoms with Crippen molar-refractivity contribution < 1.29 is 9.47 Å². The van der Waals surface area contributed by atoms with Gasteiger partial charge >= 0.3 is 12.0 Å². The summed E-state index contributed by atoms with van der Waals surface area (Å²) in [6.45, 7) is 6.53. The van der Waals surface area contributed by atoms with Gasteiger partial charge in [0.25, 0.3) is 0 Å². The summed E-state index contributed by atoms with van der Waals surface area (Å²) in [6.07, 6.45) is 4.19. The average molecular weight is 293 g/mol. The molecule has 0 radical (unpaired) electrons. The molecule has 0 spiro atoms. The van der Waals surface area contributed by atoms with Crippen molar-refractivity contribution in [2.45, 2.75) is 33.2 Å². The van der Waals surface area contributed by atoms with E-state index >= 15 is 0 Å². The summed E-state index contributed by atoms with van der Waals surface area (Å²) in [6, 6.07) is 0.490. The summed E-state index contributed by atoms with van der Waals surface area (Å²) in [4.78, 5) is 12.1. The van der Waals surface area contributed by atoms with Crippen LogP contribution in [-0.2, 0) is 0 Å². The van der Waals surface area contributed by atoms with Crippen LogP contribution in [0.15, 0.2) is 12.4 Å². The molecule has 2 heterocycles. The van der Waals surface area contributed by atoms with Crippen molar-refractivity contribution in [3.63, 3.8) is 0 Å². The van der Waals surface area contributed by atoms with E-state index in [0.717, 1.165) is 6.42 Å². The van der Waals surface area contributed by atoms with Crippen molar-refractivity contribution >= 4 is 5.95 Å². The van der Waals surface area contributed by atoms with E-state index in [-0.39, 0.29) is 24.0 Å². The third-order valence-electron chi connectivity index (χ3n) is 2.47. The topological polar surface area (TPSA) is 113 Å². The van der Waals surface area contributed by atoms with Crippen molar-refractivity contribution in [2.24, 2.45) is 5.84 Å². The zero-order valence-electron chi connectivity index (χ0n) is 12.3. The lowest BCUT2D eigenvalue weighted by atomic mass is 10.4. The minimum atomic E-state index is 0.0901. The van der Waals surface area contributed by atoms with E-state index in [0.29, 0.717) is 12.4 Å². The summed E-state index contributed by atoms with van der Waals surface area (Å²) in [5, 5.41) is 4.18. The van der Waals surface area contributed by atoms with Gasteiger partial charge in [0.05, 0.1) is 19.0 Å². The highest BCUT2D eigenvalue weighted by atomic mass is 16.5. The first kappa shape index (κ1) is 15.0. The molecule has 9 nitrogen and oxygen atoms in total. The van der Waals surface area contributed by atoms with Gasteiger partial charge < -0.3 is 9.47 Å². The Kier molecular flexibility index (Phi) is 4.88. The van der Waals surface area contributed by atoms with Crippen LogP contribution in [0.4, 0.5) is 5.95 Å². The fourth-order valence-corrected chi connectivity index (χ4v) is 1.47. The highest BCUT2D eigenvalue weighted by Gasteiger charge is 2.10. The molecule has 0 amide bonds. The maximum absolute atomic E-state index is 5.55. The Bertz CT molecular complexity index is 585.